The summed E-state index contributed by atoms with van der Waals surface area (Å²) in [6.45, 7) is 2.07. The quantitative estimate of drug-likeness (QED) is 0.317. The second-order valence-corrected chi connectivity index (χ2v) is 9.46. The molecule has 0 saturated carbocycles. The van der Waals surface area contributed by atoms with Crippen LogP contribution in [0.2, 0.25) is 0 Å². The van der Waals surface area contributed by atoms with Crippen molar-refractivity contribution in [3.63, 3.8) is 0 Å². The van der Waals surface area contributed by atoms with Crippen molar-refractivity contribution in [2.45, 2.75) is 24.9 Å². The molecule has 0 aliphatic carbocycles. The molecule has 7 heteroatoms. The van der Waals surface area contributed by atoms with Crippen LogP contribution in [0.15, 0.2) is 86.2 Å². The Morgan fingerprint density at radius 3 is 1.72 bits per heavy atom. The molecule has 3 nitrogen and oxygen atoms in total. The van der Waals surface area contributed by atoms with Gasteiger partial charge >= 0.3 is 7.32 Å². The van der Waals surface area contributed by atoms with Crippen LogP contribution in [0, 0.1) is 0 Å². The predicted molar refractivity (Wildman–Crippen MR) is 128 cm³/mol. The number of hydrogen-bond donors (Lipinski definition) is 2. The Labute approximate surface area is 196 Å². The molecule has 0 amide bonds. The summed E-state index contributed by atoms with van der Waals surface area (Å²) in [5.74, 6) is -0.189. The van der Waals surface area contributed by atoms with Gasteiger partial charge in [-0.05, 0) is 59.5 Å². The largest absolute Gasteiger partial charge is 0.634 e. The van der Waals surface area contributed by atoms with Gasteiger partial charge < -0.3 is 14.7 Å². The van der Waals surface area contributed by atoms with E-state index in [0.717, 1.165) is 30.1 Å². The van der Waals surface area contributed by atoms with Gasteiger partial charge in [0.05, 0.1) is 0 Å². The van der Waals surface area contributed by atoms with E-state index in [-0.39, 0.29) is 5.92 Å². The fourth-order valence-electron chi connectivity index (χ4n) is 3.87. The molecule has 1 atom stereocenters. The molecule has 2 N–H and O–H groups in total. The minimum absolute atomic E-state index is 0.189. The van der Waals surface area contributed by atoms with E-state index in [9.17, 15) is 10.0 Å². The van der Waals surface area contributed by atoms with Gasteiger partial charge in [0.1, 0.15) is 5.60 Å². The second-order valence-electron chi connectivity index (χ2n) is 6.72. The molecule has 0 aliphatic rings. The lowest BCUT2D eigenvalue weighted by molar-refractivity contribution is 0.0241. The molecular formula is C22H20BBr3O3. The zero-order valence-electron chi connectivity index (χ0n) is 15.7. The molecule has 3 rings (SSSR count). The lowest BCUT2D eigenvalue weighted by Gasteiger charge is -2.42. The topological polar surface area (TPSA) is 49.7 Å². The smallest absolute Gasteiger partial charge is 0.402 e. The summed E-state index contributed by atoms with van der Waals surface area (Å²) >= 11 is 10.7. The molecule has 3 aromatic rings. The fraction of sp³-hybridized carbons (Fsp3) is 0.182. The van der Waals surface area contributed by atoms with Crippen LogP contribution in [0.5, 0.6) is 0 Å². The van der Waals surface area contributed by atoms with E-state index in [4.69, 9.17) is 4.65 Å². The van der Waals surface area contributed by atoms with Crippen LogP contribution in [0.4, 0.5) is 0 Å². The highest BCUT2D eigenvalue weighted by atomic mass is 79.9. The Balaban J connectivity index is 2.36. The fourth-order valence-corrected chi connectivity index (χ4v) is 5.09. The SMILES string of the molecule is CCC(c1cccc(Br)c1)C(OB(O)O)(c1cccc(Br)c1)c1cccc(Br)c1. The van der Waals surface area contributed by atoms with Gasteiger partial charge in [0.25, 0.3) is 0 Å². The lowest BCUT2D eigenvalue weighted by Crippen LogP contribution is -2.43. The number of hydrogen-bond acceptors (Lipinski definition) is 3. The first-order valence-electron chi connectivity index (χ1n) is 9.18. The minimum Gasteiger partial charge on any atom is -0.402 e. The van der Waals surface area contributed by atoms with Gasteiger partial charge in [0, 0.05) is 19.3 Å². The van der Waals surface area contributed by atoms with Crippen LogP contribution >= 0.6 is 47.8 Å². The van der Waals surface area contributed by atoms with Gasteiger partial charge in [-0.1, -0.05) is 91.1 Å². The van der Waals surface area contributed by atoms with Crippen LogP contribution in [-0.2, 0) is 10.3 Å². The molecule has 0 aromatic heterocycles. The molecule has 0 aliphatic heterocycles. The van der Waals surface area contributed by atoms with Crippen LogP contribution in [0.25, 0.3) is 0 Å². The van der Waals surface area contributed by atoms with Crippen LogP contribution < -0.4 is 0 Å². The Morgan fingerprint density at radius 2 is 1.31 bits per heavy atom. The predicted octanol–water partition coefficient (Wildman–Crippen LogP) is 6.40. The Morgan fingerprint density at radius 1 is 0.828 bits per heavy atom. The van der Waals surface area contributed by atoms with Gasteiger partial charge in [0.15, 0.2) is 0 Å². The maximum Gasteiger partial charge on any atom is 0.634 e. The Kier molecular flexibility index (Phi) is 7.76. The summed E-state index contributed by atoms with van der Waals surface area (Å²) in [4.78, 5) is 0. The third kappa shape index (κ3) is 5.03. The third-order valence-electron chi connectivity index (χ3n) is 4.95. The van der Waals surface area contributed by atoms with E-state index in [2.05, 4.69) is 54.7 Å². The summed E-state index contributed by atoms with van der Waals surface area (Å²) < 4.78 is 8.74. The molecule has 1 unspecified atom stereocenters. The third-order valence-corrected chi connectivity index (χ3v) is 6.43. The van der Waals surface area contributed by atoms with Crippen molar-refractivity contribution < 1.29 is 14.7 Å². The summed E-state index contributed by atoms with van der Waals surface area (Å²) in [6.07, 6.45) is 0.711. The van der Waals surface area contributed by atoms with Crippen molar-refractivity contribution in [1.82, 2.24) is 0 Å². The zero-order valence-corrected chi connectivity index (χ0v) is 20.5. The molecule has 0 bridgehead atoms. The highest BCUT2D eigenvalue weighted by molar-refractivity contribution is 9.11. The van der Waals surface area contributed by atoms with Crippen molar-refractivity contribution in [2.75, 3.05) is 0 Å². The van der Waals surface area contributed by atoms with Gasteiger partial charge in [-0.3, -0.25) is 0 Å². The first-order chi connectivity index (χ1) is 13.9. The Hall–Kier alpha value is -0.955. The summed E-state index contributed by atoms with van der Waals surface area (Å²) in [7, 11) is -1.95. The first kappa shape index (κ1) is 22.7. The second kappa shape index (κ2) is 9.90. The molecule has 0 saturated heterocycles. The highest BCUT2D eigenvalue weighted by Gasteiger charge is 2.46. The minimum atomic E-state index is -1.95. The van der Waals surface area contributed by atoms with Crippen molar-refractivity contribution >= 4 is 55.1 Å². The molecule has 0 heterocycles. The molecule has 29 heavy (non-hydrogen) atoms. The van der Waals surface area contributed by atoms with E-state index >= 15 is 0 Å². The number of benzene rings is 3. The molecule has 0 radical (unpaired) electrons. The van der Waals surface area contributed by atoms with E-state index in [1.165, 1.54) is 0 Å². The van der Waals surface area contributed by atoms with Gasteiger partial charge in [-0.25, -0.2) is 0 Å². The summed E-state index contributed by atoms with van der Waals surface area (Å²) in [6, 6.07) is 23.6. The van der Waals surface area contributed by atoms with Crippen molar-refractivity contribution in [3.05, 3.63) is 103 Å². The molecule has 3 aromatic carbocycles. The standard InChI is InChI=1S/C22H20BBr3O3/c1-2-21(15-6-3-9-18(24)12-15)22(29-23(27)28,16-7-4-10-19(25)13-16)17-8-5-11-20(26)14-17/h3-14,21,27-28H,2H2,1H3. The zero-order chi connectivity index (χ0) is 21.0. The van der Waals surface area contributed by atoms with Crippen LogP contribution in [0.3, 0.4) is 0 Å². The van der Waals surface area contributed by atoms with Crippen molar-refractivity contribution in [3.8, 4) is 0 Å². The van der Waals surface area contributed by atoms with E-state index in [1.807, 2.05) is 72.8 Å². The van der Waals surface area contributed by atoms with E-state index < -0.39 is 12.9 Å². The number of halogens is 3. The maximum absolute atomic E-state index is 10.00. The summed E-state index contributed by atoms with van der Waals surface area (Å²) in [5, 5.41) is 20.0. The molecular weight excluding hydrogens is 563 g/mol. The molecule has 150 valence electrons. The normalized spacial score (nSPS) is 12.6. The molecule has 0 spiro atoms. The average Bonchev–Trinajstić information content (AvgIpc) is 2.67. The van der Waals surface area contributed by atoms with Crippen molar-refractivity contribution in [2.24, 2.45) is 0 Å². The van der Waals surface area contributed by atoms with Crippen LogP contribution in [-0.4, -0.2) is 17.4 Å². The lowest BCUT2D eigenvalue weighted by atomic mass is 9.71. The highest BCUT2D eigenvalue weighted by Crippen LogP contribution is 2.48. The average molecular weight is 583 g/mol. The van der Waals surface area contributed by atoms with Gasteiger partial charge in [-0.2, -0.15) is 0 Å². The van der Waals surface area contributed by atoms with Crippen molar-refractivity contribution in [1.29, 1.82) is 0 Å². The van der Waals surface area contributed by atoms with Crippen LogP contribution in [0.1, 0.15) is 36.0 Å². The monoisotopic (exact) mass is 580 g/mol. The Bertz CT molecular complexity index is 935. The van der Waals surface area contributed by atoms with E-state index in [0.29, 0.717) is 6.42 Å². The molecule has 0 fully saturated rings. The van der Waals surface area contributed by atoms with Gasteiger partial charge in [-0.15, -0.1) is 0 Å². The van der Waals surface area contributed by atoms with E-state index in [1.54, 1.807) is 0 Å². The summed E-state index contributed by atoms with van der Waals surface area (Å²) in [5.41, 5.74) is 1.55. The number of rotatable bonds is 7. The first-order valence-corrected chi connectivity index (χ1v) is 11.6. The van der Waals surface area contributed by atoms with Gasteiger partial charge in [0.2, 0.25) is 0 Å². The maximum atomic E-state index is 10.00.